The van der Waals surface area contributed by atoms with Gasteiger partial charge in [-0.3, -0.25) is 4.79 Å². The van der Waals surface area contributed by atoms with Gasteiger partial charge in [-0.25, -0.2) is 9.37 Å². The van der Waals surface area contributed by atoms with Gasteiger partial charge in [0.1, 0.15) is 11.6 Å². The van der Waals surface area contributed by atoms with Crippen LogP contribution >= 0.6 is 0 Å². The van der Waals surface area contributed by atoms with Gasteiger partial charge in [-0.05, 0) is 32.0 Å². The lowest BCUT2D eigenvalue weighted by atomic mass is 10.0. The third kappa shape index (κ3) is 2.11. The van der Waals surface area contributed by atoms with Gasteiger partial charge >= 0.3 is 0 Å². The van der Waals surface area contributed by atoms with Crippen LogP contribution in [0.1, 0.15) is 24.2 Å². The lowest BCUT2D eigenvalue weighted by Gasteiger charge is -2.08. The molecule has 4 heteroatoms. The fraction of sp³-hybridized carbons (Fsp3) is 0.231. The van der Waals surface area contributed by atoms with Gasteiger partial charge < -0.3 is 4.57 Å². The largest absolute Gasteiger partial charge is 0.331 e. The van der Waals surface area contributed by atoms with Gasteiger partial charge in [0.25, 0.3) is 0 Å². The highest BCUT2D eigenvalue weighted by Gasteiger charge is 2.14. The third-order valence-corrected chi connectivity index (χ3v) is 2.66. The smallest absolute Gasteiger partial charge is 0.160 e. The molecule has 17 heavy (non-hydrogen) atoms. The molecule has 0 spiro atoms. The fourth-order valence-corrected chi connectivity index (χ4v) is 1.82. The second-order valence-electron chi connectivity index (χ2n) is 3.78. The number of hydrogen-bond acceptors (Lipinski definition) is 2. The SMILES string of the molecule is CCn1ccnc1-c1cc(F)ccc1C(C)=O. The van der Waals surface area contributed by atoms with E-state index in [-0.39, 0.29) is 11.6 Å². The summed E-state index contributed by atoms with van der Waals surface area (Å²) in [6.45, 7) is 4.16. The van der Waals surface area contributed by atoms with Crippen LogP contribution in [-0.2, 0) is 6.54 Å². The molecule has 0 bridgehead atoms. The van der Waals surface area contributed by atoms with Crippen LogP contribution in [-0.4, -0.2) is 15.3 Å². The molecule has 1 aromatic carbocycles. The minimum Gasteiger partial charge on any atom is -0.331 e. The Kier molecular flexibility index (Phi) is 3.04. The molecule has 88 valence electrons. The van der Waals surface area contributed by atoms with E-state index in [0.717, 1.165) is 6.54 Å². The Morgan fingerprint density at radius 2 is 2.24 bits per heavy atom. The van der Waals surface area contributed by atoms with Crippen molar-refractivity contribution in [3.05, 3.63) is 42.0 Å². The summed E-state index contributed by atoms with van der Waals surface area (Å²) >= 11 is 0. The monoisotopic (exact) mass is 232 g/mol. The molecule has 2 rings (SSSR count). The van der Waals surface area contributed by atoms with Crippen LogP contribution < -0.4 is 0 Å². The van der Waals surface area contributed by atoms with Gasteiger partial charge in [0.2, 0.25) is 0 Å². The average Bonchev–Trinajstić information content (AvgIpc) is 2.76. The number of nitrogens with zero attached hydrogens (tertiary/aromatic N) is 2. The molecule has 1 heterocycles. The van der Waals surface area contributed by atoms with Crippen LogP contribution in [0.15, 0.2) is 30.6 Å². The van der Waals surface area contributed by atoms with Crippen LogP contribution in [0.4, 0.5) is 4.39 Å². The van der Waals surface area contributed by atoms with Crippen LogP contribution in [0.5, 0.6) is 0 Å². The summed E-state index contributed by atoms with van der Waals surface area (Å²) in [7, 11) is 0. The average molecular weight is 232 g/mol. The highest BCUT2D eigenvalue weighted by atomic mass is 19.1. The van der Waals surface area contributed by atoms with E-state index in [1.165, 1.54) is 25.1 Å². The number of rotatable bonds is 3. The zero-order valence-corrected chi connectivity index (χ0v) is 9.77. The van der Waals surface area contributed by atoms with E-state index in [9.17, 15) is 9.18 Å². The fourth-order valence-electron chi connectivity index (χ4n) is 1.82. The molecule has 0 saturated carbocycles. The van der Waals surface area contributed by atoms with Gasteiger partial charge in [-0.2, -0.15) is 0 Å². The molecular formula is C13H13FN2O. The summed E-state index contributed by atoms with van der Waals surface area (Å²) in [5.41, 5.74) is 1.04. The normalized spacial score (nSPS) is 10.5. The van der Waals surface area contributed by atoms with E-state index in [1.807, 2.05) is 17.7 Å². The predicted octanol–water partition coefficient (Wildman–Crippen LogP) is 2.91. The Labute approximate surface area is 98.9 Å². The molecule has 3 nitrogen and oxygen atoms in total. The van der Waals surface area contributed by atoms with Crippen molar-refractivity contribution in [2.45, 2.75) is 20.4 Å². The quantitative estimate of drug-likeness (QED) is 0.762. The van der Waals surface area contributed by atoms with E-state index in [2.05, 4.69) is 4.98 Å². The van der Waals surface area contributed by atoms with Crippen molar-refractivity contribution in [2.24, 2.45) is 0 Å². The van der Waals surface area contributed by atoms with Gasteiger partial charge in [0.05, 0.1) is 0 Å². The first kappa shape index (κ1) is 11.5. The number of aryl methyl sites for hydroxylation is 1. The maximum Gasteiger partial charge on any atom is 0.160 e. The summed E-state index contributed by atoms with van der Waals surface area (Å²) in [6, 6.07) is 4.15. The van der Waals surface area contributed by atoms with E-state index >= 15 is 0 Å². The van der Waals surface area contributed by atoms with Gasteiger partial charge in [0.15, 0.2) is 5.78 Å². The molecule has 0 amide bonds. The van der Waals surface area contributed by atoms with Crippen molar-refractivity contribution in [3.63, 3.8) is 0 Å². The van der Waals surface area contributed by atoms with E-state index in [4.69, 9.17) is 0 Å². The zero-order valence-electron chi connectivity index (χ0n) is 9.77. The van der Waals surface area contributed by atoms with Crippen molar-refractivity contribution in [1.82, 2.24) is 9.55 Å². The molecule has 0 N–H and O–H groups in total. The highest BCUT2D eigenvalue weighted by Crippen LogP contribution is 2.23. The Morgan fingerprint density at radius 3 is 2.88 bits per heavy atom. The molecule has 0 unspecified atom stereocenters. The Morgan fingerprint density at radius 1 is 1.47 bits per heavy atom. The van der Waals surface area contributed by atoms with Crippen molar-refractivity contribution in [2.75, 3.05) is 0 Å². The molecule has 0 aliphatic rings. The number of Topliss-reactive ketones (excluding diaryl/α,β-unsaturated/α-hetero) is 1. The van der Waals surface area contributed by atoms with Crippen LogP contribution in [0.3, 0.4) is 0 Å². The van der Waals surface area contributed by atoms with Crippen molar-refractivity contribution in [3.8, 4) is 11.4 Å². The Hall–Kier alpha value is -1.97. The zero-order chi connectivity index (χ0) is 12.4. The number of imidazole rings is 1. The Balaban J connectivity index is 2.65. The molecule has 1 aromatic heterocycles. The molecule has 0 aliphatic heterocycles. The topological polar surface area (TPSA) is 34.9 Å². The van der Waals surface area contributed by atoms with Crippen LogP contribution in [0.2, 0.25) is 0 Å². The molecule has 2 aromatic rings. The number of carbonyl (C=O) groups excluding carboxylic acids is 1. The molecule has 0 atom stereocenters. The predicted molar refractivity (Wildman–Crippen MR) is 63.3 cm³/mol. The van der Waals surface area contributed by atoms with E-state index < -0.39 is 0 Å². The lowest BCUT2D eigenvalue weighted by molar-refractivity contribution is 0.101. The van der Waals surface area contributed by atoms with Gasteiger partial charge in [-0.15, -0.1) is 0 Å². The summed E-state index contributed by atoms with van der Waals surface area (Å²) in [4.78, 5) is 15.7. The molecular weight excluding hydrogens is 219 g/mol. The first-order valence-corrected chi connectivity index (χ1v) is 5.45. The highest BCUT2D eigenvalue weighted by molar-refractivity contribution is 6.00. The lowest BCUT2D eigenvalue weighted by Crippen LogP contribution is -2.02. The number of ketones is 1. The second-order valence-corrected chi connectivity index (χ2v) is 3.78. The summed E-state index contributed by atoms with van der Waals surface area (Å²) in [6.07, 6.45) is 3.46. The maximum atomic E-state index is 13.3. The van der Waals surface area contributed by atoms with Crippen molar-refractivity contribution in [1.29, 1.82) is 0 Å². The molecule has 0 aliphatic carbocycles. The maximum absolute atomic E-state index is 13.3. The summed E-state index contributed by atoms with van der Waals surface area (Å²) in [5.74, 6) is 0.165. The van der Waals surface area contributed by atoms with Crippen molar-refractivity contribution < 1.29 is 9.18 Å². The Bertz CT molecular complexity index is 560. The minimum atomic E-state index is -0.365. The first-order valence-electron chi connectivity index (χ1n) is 5.45. The number of hydrogen-bond donors (Lipinski definition) is 0. The number of halogens is 1. The summed E-state index contributed by atoms with van der Waals surface area (Å²) in [5, 5.41) is 0. The number of benzene rings is 1. The molecule has 0 saturated heterocycles. The van der Waals surface area contributed by atoms with Crippen molar-refractivity contribution >= 4 is 5.78 Å². The number of carbonyl (C=O) groups is 1. The van der Waals surface area contributed by atoms with Gasteiger partial charge in [0, 0.05) is 30.1 Å². The third-order valence-electron chi connectivity index (χ3n) is 2.66. The van der Waals surface area contributed by atoms with Crippen LogP contribution in [0.25, 0.3) is 11.4 Å². The van der Waals surface area contributed by atoms with Gasteiger partial charge in [-0.1, -0.05) is 0 Å². The van der Waals surface area contributed by atoms with Crippen LogP contribution in [0, 0.1) is 5.82 Å². The summed E-state index contributed by atoms with van der Waals surface area (Å²) < 4.78 is 15.2. The van der Waals surface area contributed by atoms with E-state index in [0.29, 0.717) is 17.0 Å². The minimum absolute atomic E-state index is 0.0920. The first-order chi connectivity index (χ1) is 8.13. The number of aromatic nitrogens is 2. The standard InChI is InChI=1S/C13H13FN2O/c1-3-16-7-6-15-13(16)12-8-10(14)4-5-11(12)9(2)17/h4-8H,3H2,1-2H3. The second kappa shape index (κ2) is 4.49. The van der Waals surface area contributed by atoms with E-state index in [1.54, 1.807) is 6.20 Å². The molecule has 0 fully saturated rings. The molecule has 0 radical (unpaired) electrons.